The fourth-order valence-electron chi connectivity index (χ4n) is 0.693. The first kappa shape index (κ1) is 7.22. The van der Waals surface area contributed by atoms with Gasteiger partial charge in [-0.25, -0.2) is 0 Å². The molecule has 0 spiro atoms. The number of hydrogen-bond donors (Lipinski definition) is 1. The Balaban J connectivity index is 3.01. The summed E-state index contributed by atoms with van der Waals surface area (Å²) in [7, 11) is 5.52. The molecule has 0 saturated heterocycles. The molecule has 3 heteroatoms. The molecular formula is C6H7BS2. The monoisotopic (exact) mass is 154 g/mol. The van der Waals surface area contributed by atoms with Gasteiger partial charge in [-0.1, -0.05) is 13.0 Å². The molecule has 0 saturated carbocycles. The molecule has 0 unspecified atom stereocenters. The summed E-state index contributed by atoms with van der Waals surface area (Å²) in [5.74, 6) is 0. The van der Waals surface area contributed by atoms with E-state index in [2.05, 4.69) is 19.6 Å². The predicted octanol–water partition coefficient (Wildman–Crippen LogP) is 1.39. The predicted molar refractivity (Wildman–Crippen MR) is 46.3 cm³/mol. The molecular weight excluding hydrogens is 147 g/mol. The molecule has 46 valence electrons. The first-order valence-corrected chi connectivity index (χ1v) is 4.07. The molecule has 9 heavy (non-hydrogen) atoms. The van der Waals surface area contributed by atoms with Gasteiger partial charge in [0.25, 0.3) is 0 Å². The van der Waals surface area contributed by atoms with Gasteiger partial charge in [0.05, 0.1) is 4.21 Å². The van der Waals surface area contributed by atoms with E-state index < -0.39 is 0 Å². The van der Waals surface area contributed by atoms with Crippen molar-refractivity contribution in [2.75, 3.05) is 0 Å². The zero-order chi connectivity index (χ0) is 6.85. The van der Waals surface area contributed by atoms with Crippen molar-refractivity contribution >= 4 is 36.6 Å². The standard InChI is InChI=1S/C6H7BS2/c1-2-4-3-5(7)9-6(4)8/h3,8H,2H2,1H3. The molecule has 2 radical (unpaired) electrons. The Morgan fingerprint density at radius 3 is 2.67 bits per heavy atom. The van der Waals surface area contributed by atoms with Crippen LogP contribution < -0.4 is 4.78 Å². The molecule has 0 atom stereocenters. The molecule has 0 nitrogen and oxygen atoms in total. The third-order valence-corrected chi connectivity index (χ3v) is 2.56. The van der Waals surface area contributed by atoms with Crippen molar-refractivity contribution in [1.29, 1.82) is 0 Å². The second-order valence-electron chi connectivity index (χ2n) is 1.83. The Hall–Kier alpha value is 0.115. The smallest absolute Gasteiger partial charge is 0.128 e. The van der Waals surface area contributed by atoms with Crippen molar-refractivity contribution in [3.8, 4) is 0 Å². The van der Waals surface area contributed by atoms with Gasteiger partial charge in [0.2, 0.25) is 0 Å². The van der Waals surface area contributed by atoms with Gasteiger partial charge in [0, 0.05) is 0 Å². The molecule has 1 aromatic heterocycles. The first-order chi connectivity index (χ1) is 4.24. The summed E-state index contributed by atoms with van der Waals surface area (Å²) < 4.78 is 1.91. The zero-order valence-corrected chi connectivity index (χ0v) is 6.93. The highest BCUT2D eigenvalue weighted by molar-refractivity contribution is 7.83. The maximum absolute atomic E-state index is 5.52. The second kappa shape index (κ2) is 2.80. The average molecular weight is 154 g/mol. The van der Waals surface area contributed by atoms with Crippen LogP contribution in [-0.2, 0) is 6.42 Å². The Bertz CT molecular complexity index is 205. The van der Waals surface area contributed by atoms with Crippen LogP contribution in [0.5, 0.6) is 0 Å². The SMILES string of the molecule is [B]c1cc(CC)c(S)s1. The lowest BCUT2D eigenvalue weighted by molar-refractivity contribution is 1.12. The number of hydrogen-bond acceptors (Lipinski definition) is 2. The van der Waals surface area contributed by atoms with Crippen molar-refractivity contribution in [2.45, 2.75) is 17.6 Å². The summed E-state index contributed by atoms with van der Waals surface area (Å²) in [6.45, 7) is 2.10. The summed E-state index contributed by atoms with van der Waals surface area (Å²) in [6, 6.07) is 1.98. The minimum atomic E-state index is 0.858. The Labute approximate surface area is 66.1 Å². The number of thiophene rings is 1. The van der Waals surface area contributed by atoms with Crippen molar-refractivity contribution in [3.05, 3.63) is 11.6 Å². The summed E-state index contributed by atoms with van der Waals surface area (Å²) in [4.78, 5) is 0. The van der Waals surface area contributed by atoms with Crippen LogP contribution in [0.15, 0.2) is 10.3 Å². The van der Waals surface area contributed by atoms with Gasteiger partial charge in [-0.15, -0.1) is 24.0 Å². The van der Waals surface area contributed by atoms with Crippen LogP contribution in [0, 0.1) is 0 Å². The van der Waals surface area contributed by atoms with E-state index in [9.17, 15) is 0 Å². The van der Waals surface area contributed by atoms with Crippen molar-refractivity contribution in [3.63, 3.8) is 0 Å². The molecule has 1 rings (SSSR count). The molecule has 1 heterocycles. The van der Waals surface area contributed by atoms with E-state index in [-0.39, 0.29) is 0 Å². The molecule has 0 bridgehead atoms. The summed E-state index contributed by atoms with van der Waals surface area (Å²) in [6.07, 6.45) is 1.02. The normalized spacial score (nSPS) is 10.0. The lowest BCUT2D eigenvalue weighted by Crippen LogP contribution is -1.90. The number of aryl methyl sites for hydroxylation is 1. The highest BCUT2D eigenvalue weighted by Gasteiger charge is 1.98. The van der Waals surface area contributed by atoms with E-state index in [1.54, 1.807) is 0 Å². The van der Waals surface area contributed by atoms with Crippen molar-refractivity contribution in [1.82, 2.24) is 0 Å². The Kier molecular flexibility index (Phi) is 2.25. The van der Waals surface area contributed by atoms with Crippen LogP contribution in [-0.4, -0.2) is 7.85 Å². The van der Waals surface area contributed by atoms with Gasteiger partial charge < -0.3 is 0 Å². The van der Waals surface area contributed by atoms with Gasteiger partial charge in [-0.05, 0) is 16.8 Å². The molecule has 0 N–H and O–H groups in total. The van der Waals surface area contributed by atoms with E-state index in [1.165, 1.54) is 16.9 Å². The van der Waals surface area contributed by atoms with Crippen LogP contribution >= 0.6 is 24.0 Å². The van der Waals surface area contributed by atoms with Crippen molar-refractivity contribution in [2.24, 2.45) is 0 Å². The number of thiol groups is 1. The van der Waals surface area contributed by atoms with Crippen LogP contribution in [0.4, 0.5) is 0 Å². The lowest BCUT2D eigenvalue weighted by atomic mass is 10.1. The van der Waals surface area contributed by atoms with Crippen LogP contribution in [0.1, 0.15) is 12.5 Å². The van der Waals surface area contributed by atoms with E-state index in [0.717, 1.165) is 15.4 Å². The first-order valence-electron chi connectivity index (χ1n) is 2.81. The molecule has 0 aromatic carbocycles. The van der Waals surface area contributed by atoms with E-state index in [0.29, 0.717) is 0 Å². The second-order valence-corrected chi connectivity index (χ2v) is 3.67. The molecule has 0 amide bonds. The minimum Gasteiger partial charge on any atom is -0.145 e. The van der Waals surface area contributed by atoms with E-state index in [4.69, 9.17) is 7.85 Å². The highest BCUT2D eigenvalue weighted by atomic mass is 32.2. The quantitative estimate of drug-likeness (QED) is 0.458. The molecule has 0 aliphatic carbocycles. The zero-order valence-electron chi connectivity index (χ0n) is 5.22. The Morgan fingerprint density at radius 2 is 2.44 bits per heavy atom. The van der Waals surface area contributed by atoms with Gasteiger partial charge in [0.1, 0.15) is 7.85 Å². The maximum atomic E-state index is 5.52. The third-order valence-electron chi connectivity index (χ3n) is 1.19. The van der Waals surface area contributed by atoms with Gasteiger partial charge in [-0.2, -0.15) is 0 Å². The summed E-state index contributed by atoms with van der Waals surface area (Å²) >= 11 is 5.77. The Morgan fingerprint density at radius 1 is 1.78 bits per heavy atom. The molecule has 0 fully saturated rings. The topological polar surface area (TPSA) is 0 Å². The van der Waals surface area contributed by atoms with E-state index >= 15 is 0 Å². The van der Waals surface area contributed by atoms with Gasteiger partial charge >= 0.3 is 0 Å². The fraction of sp³-hybridized carbons (Fsp3) is 0.333. The fourth-order valence-corrected chi connectivity index (χ4v) is 1.99. The van der Waals surface area contributed by atoms with Crippen LogP contribution in [0.3, 0.4) is 0 Å². The van der Waals surface area contributed by atoms with Crippen LogP contribution in [0.2, 0.25) is 0 Å². The lowest BCUT2D eigenvalue weighted by Gasteiger charge is -1.87. The molecule has 0 aliphatic rings. The summed E-state index contributed by atoms with van der Waals surface area (Å²) in [5.41, 5.74) is 1.25. The van der Waals surface area contributed by atoms with Crippen LogP contribution in [0.25, 0.3) is 0 Å². The largest absolute Gasteiger partial charge is 0.145 e. The minimum absolute atomic E-state index is 0.858. The molecule has 0 aliphatic heterocycles. The average Bonchev–Trinajstić information content (AvgIpc) is 2.10. The number of rotatable bonds is 1. The third kappa shape index (κ3) is 1.52. The van der Waals surface area contributed by atoms with Gasteiger partial charge in [0.15, 0.2) is 0 Å². The van der Waals surface area contributed by atoms with E-state index in [1.807, 2.05) is 6.07 Å². The van der Waals surface area contributed by atoms with Gasteiger partial charge in [-0.3, -0.25) is 0 Å². The highest BCUT2D eigenvalue weighted by Crippen LogP contribution is 2.18. The summed E-state index contributed by atoms with van der Waals surface area (Å²) in [5, 5.41) is 0. The van der Waals surface area contributed by atoms with Crippen molar-refractivity contribution < 1.29 is 0 Å². The molecule has 1 aromatic rings. The maximum Gasteiger partial charge on any atom is 0.128 e.